The number of carbonyl (C=O) groups is 2. The molecule has 1 aromatic rings. The normalized spacial score (nSPS) is 20.4. The van der Waals surface area contributed by atoms with Crippen LogP contribution in [0.15, 0.2) is 40.8 Å². The van der Waals surface area contributed by atoms with Gasteiger partial charge in [0.15, 0.2) is 0 Å². The fourth-order valence-electron chi connectivity index (χ4n) is 2.69. The highest BCUT2D eigenvalue weighted by Gasteiger charge is 2.37. The highest BCUT2D eigenvalue weighted by Crippen LogP contribution is 2.28. The van der Waals surface area contributed by atoms with Crippen molar-refractivity contribution >= 4 is 23.6 Å². The number of allylic oxidation sites excluding steroid dienone is 1. The van der Waals surface area contributed by atoms with E-state index in [9.17, 15) is 14.7 Å². The molecule has 1 saturated heterocycles. The molecule has 0 unspecified atom stereocenters. The van der Waals surface area contributed by atoms with E-state index in [1.807, 2.05) is 31.2 Å². The first-order chi connectivity index (χ1) is 10.9. The third kappa shape index (κ3) is 4.38. The minimum Gasteiger partial charge on any atom is -0.481 e. The van der Waals surface area contributed by atoms with Crippen LogP contribution in [0.4, 0.5) is 0 Å². The lowest BCUT2D eigenvalue weighted by Crippen LogP contribution is -2.30. The lowest BCUT2D eigenvalue weighted by Gasteiger charge is -2.18. The summed E-state index contributed by atoms with van der Waals surface area (Å²) in [5.41, 5.74) is 1.91. The number of carbonyl (C=O) groups excluding carboxylic acids is 1. The van der Waals surface area contributed by atoms with Gasteiger partial charge in [-0.3, -0.25) is 9.59 Å². The fourth-order valence-corrected chi connectivity index (χ4v) is 3.77. The smallest absolute Gasteiger partial charge is 0.308 e. The standard InChI is InChI=1S/C18H23NO3S/c1-12(2)8-9-23-16-7-5-4-6-14(16)17(20)19-10-13(3)15(11-19)18(21)22/h4-8,13,15H,9-11H2,1-3H3,(H,21,22)/t13-,15-/m1/s1. The van der Waals surface area contributed by atoms with E-state index in [0.717, 1.165) is 10.6 Å². The Balaban J connectivity index is 2.14. The number of carboxylic acid groups (broad SMARTS) is 1. The van der Waals surface area contributed by atoms with Crippen LogP contribution in [-0.4, -0.2) is 40.7 Å². The van der Waals surface area contributed by atoms with Gasteiger partial charge in [-0.2, -0.15) is 0 Å². The molecule has 4 nitrogen and oxygen atoms in total. The molecule has 2 atom stereocenters. The molecule has 1 heterocycles. The first-order valence-corrected chi connectivity index (χ1v) is 8.76. The second kappa shape index (κ2) is 7.68. The molecule has 124 valence electrons. The molecule has 1 fully saturated rings. The van der Waals surface area contributed by atoms with E-state index in [4.69, 9.17) is 0 Å². The predicted octanol–water partition coefficient (Wildman–Crippen LogP) is 3.54. The molecule has 1 N–H and O–H groups in total. The van der Waals surface area contributed by atoms with E-state index in [0.29, 0.717) is 18.7 Å². The van der Waals surface area contributed by atoms with Crippen molar-refractivity contribution < 1.29 is 14.7 Å². The number of hydrogen-bond donors (Lipinski definition) is 1. The zero-order valence-electron chi connectivity index (χ0n) is 13.8. The molecule has 0 saturated carbocycles. The first-order valence-electron chi connectivity index (χ1n) is 7.77. The van der Waals surface area contributed by atoms with Gasteiger partial charge in [0.25, 0.3) is 5.91 Å². The summed E-state index contributed by atoms with van der Waals surface area (Å²) in [6.45, 7) is 6.79. The molecule has 0 spiro atoms. The van der Waals surface area contributed by atoms with E-state index >= 15 is 0 Å². The lowest BCUT2D eigenvalue weighted by atomic mass is 9.99. The van der Waals surface area contributed by atoms with Crippen molar-refractivity contribution in [3.8, 4) is 0 Å². The van der Waals surface area contributed by atoms with Crippen LogP contribution in [0.25, 0.3) is 0 Å². The van der Waals surface area contributed by atoms with Crippen molar-refractivity contribution in [1.82, 2.24) is 4.90 Å². The fraction of sp³-hybridized carbons (Fsp3) is 0.444. The summed E-state index contributed by atoms with van der Waals surface area (Å²) in [6, 6.07) is 7.55. The van der Waals surface area contributed by atoms with Gasteiger partial charge in [0.2, 0.25) is 0 Å². The molecular formula is C18H23NO3S. The van der Waals surface area contributed by atoms with Gasteiger partial charge in [0.1, 0.15) is 0 Å². The highest BCUT2D eigenvalue weighted by molar-refractivity contribution is 7.99. The van der Waals surface area contributed by atoms with Crippen LogP contribution in [0.5, 0.6) is 0 Å². The number of benzene rings is 1. The van der Waals surface area contributed by atoms with Gasteiger partial charge in [-0.1, -0.05) is 30.7 Å². The number of likely N-dealkylation sites (tertiary alicyclic amines) is 1. The second-order valence-corrected chi connectivity index (χ2v) is 7.28. The maximum Gasteiger partial charge on any atom is 0.308 e. The molecule has 2 rings (SSSR count). The van der Waals surface area contributed by atoms with Crippen molar-refractivity contribution in [2.24, 2.45) is 11.8 Å². The summed E-state index contributed by atoms with van der Waals surface area (Å²) in [5.74, 6) is -0.549. The van der Waals surface area contributed by atoms with Gasteiger partial charge in [0.05, 0.1) is 11.5 Å². The maximum absolute atomic E-state index is 12.8. The van der Waals surface area contributed by atoms with Crippen LogP contribution in [-0.2, 0) is 4.79 Å². The molecule has 1 amide bonds. The number of rotatable bonds is 5. The van der Waals surface area contributed by atoms with Crippen molar-refractivity contribution in [3.63, 3.8) is 0 Å². The minimum atomic E-state index is -0.820. The molecule has 0 bridgehead atoms. The largest absolute Gasteiger partial charge is 0.481 e. The summed E-state index contributed by atoms with van der Waals surface area (Å²) in [4.78, 5) is 26.6. The Morgan fingerprint density at radius 3 is 2.61 bits per heavy atom. The van der Waals surface area contributed by atoms with Gasteiger partial charge in [-0.05, 0) is 31.9 Å². The van der Waals surface area contributed by atoms with Crippen LogP contribution in [0.2, 0.25) is 0 Å². The number of aliphatic carboxylic acids is 1. The van der Waals surface area contributed by atoms with Gasteiger partial charge in [-0.25, -0.2) is 0 Å². The van der Waals surface area contributed by atoms with E-state index in [-0.39, 0.29) is 11.8 Å². The summed E-state index contributed by atoms with van der Waals surface area (Å²) in [5, 5.41) is 9.23. The summed E-state index contributed by atoms with van der Waals surface area (Å²) >= 11 is 1.63. The number of nitrogens with zero attached hydrogens (tertiary/aromatic N) is 1. The van der Waals surface area contributed by atoms with Crippen LogP contribution < -0.4 is 0 Å². The van der Waals surface area contributed by atoms with Crippen molar-refractivity contribution in [1.29, 1.82) is 0 Å². The van der Waals surface area contributed by atoms with Crippen LogP contribution in [0.1, 0.15) is 31.1 Å². The van der Waals surface area contributed by atoms with Crippen LogP contribution in [0.3, 0.4) is 0 Å². The summed E-state index contributed by atoms with van der Waals surface area (Å²) in [7, 11) is 0. The molecular weight excluding hydrogens is 310 g/mol. The van der Waals surface area contributed by atoms with E-state index in [2.05, 4.69) is 19.9 Å². The Labute approximate surface area is 141 Å². The van der Waals surface area contributed by atoms with E-state index in [1.54, 1.807) is 16.7 Å². The van der Waals surface area contributed by atoms with Crippen molar-refractivity contribution in [3.05, 3.63) is 41.5 Å². The molecule has 0 aromatic heterocycles. The number of thioether (sulfide) groups is 1. The summed E-state index contributed by atoms with van der Waals surface area (Å²) in [6.07, 6.45) is 2.13. The molecule has 1 aliphatic rings. The Kier molecular flexibility index (Phi) is 5.88. The second-order valence-electron chi connectivity index (χ2n) is 6.22. The maximum atomic E-state index is 12.8. The Morgan fingerprint density at radius 2 is 2.00 bits per heavy atom. The van der Waals surface area contributed by atoms with Gasteiger partial charge in [-0.15, -0.1) is 11.8 Å². The topological polar surface area (TPSA) is 57.6 Å². The van der Waals surface area contributed by atoms with Gasteiger partial charge in [0, 0.05) is 23.7 Å². The minimum absolute atomic E-state index is 0.0121. The van der Waals surface area contributed by atoms with Crippen LogP contribution in [0, 0.1) is 11.8 Å². The summed E-state index contributed by atoms with van der Waals surface area (Å²) < 4.78 is 0. The average molecular weight is 333 g/mol. The number of hydrogen-bond acceptors (Lipinski definition) is 3. The number of amides is 1. The quantitative estimate of drug-likeness (QED) is 0.661. The van der Waals surface area contributed by atoms with Crippen LogP contribution >= 0.6 is 11.8 Å². The molecule has 1 aromatic carbocycles. The predicted molar refractivity (Wildman–Crippen MR) is 92.8 cm³/mol. The monoisotopic (exact) mass is 333 g/mol. The van der Waals surface area contributed by atoms with Gasteiger partial charge < -0.3 is 10.0 Å². The zero-order valence-corrected chi connectivity index (χ0v) is 14.6. The molecule has 0 aliphatic carbocycles. The molecule has 1 aliphatic heterocycles. The van der Waals surface area contributed by atoms with Gasteiger partial charge >= 0.3 is 5.97 Å². The Morgan fingerprint density at radius 1 is 1.30 bits per heavy atom. The SMILES string of the molecule is CC(C)=CCSc1ccccc1C(=O)N1C[C@@H](C)[C@H](C(=O)O)C1. The third-order valence-corrected chi connectivity index (χ3v) is 5.06. The zero-order chi connectivity index (χ0) is 17.0. The average Bonchev–Trinajstić information content (AvgIpc) is 2.89. The van der Waals surface area contributed by atoms with Crippen molar-refractivity contribution in [2.45, 2.75) is 25.7 Å². The highest BCUT2D eigenvalue weighted by atomic mass is 32.2. The molecule has 5 heteroatoms. The Hall–Kier alpha value is -1.75. The third-order valence-electron chi connectivity index (χ3n) is 4.06. The first kappa shape index (κ1) is 17.6. The van der Waals surface area contributed by atoms with Crippen molar-refractivity contribution in [2.75, 3.05) is 18.8 Å². The van der Waals surface area contributed by atoms with E-state index < -0.39 is 11.9 Å². The Bertz CT molecular complexity index is 622. The lowest BCUT2D eigenvalue weighted by molar-refractivity contribution is -0.142. The number of carboxylic acids is 1. The van der Waals surface area contributed by atoms with E-state index in [1.165, 1.54) is 5.57 Å². The molecule has 23 heavy (non-hydrogen) atoms. The molecule has 0 radical (unpaired) electrons.